The first-order valence-corrected chi connectivity index (χ1v) is 12.0. The van der Waals surface area contributed by atoms with E-state index in [1.54, 1.807) is 0 Å². The molecule has 0 radical (unpaired) electrons. The molecule has 3 rings (SSSR count). The average Bonchev–Trinajstić information content (AvgIpc) is 3.18. The van der Waals surface area contributed by atoms with Crippen molar-refractivity contribution in [3.8, 4) is 5.75 Å². The van der Waals surface area contributed by atoms with Gasteiger partial charge in [-0.1, -0.05) is 67.6 Å². The highest BCUT2D eigenvalue weighted by Gasteiger charge is 2.35. The molecule has 2 aromatic rings. The Hall–Kier alpha value is -1.56. The van der Waals surface area contributed by atoms with E-state index in [0.29, 0.717) is 5.75 Å². The lowest BCUT2D eigenvalue weighted by molar-refractivity contribution is -0.162. The zero-order valence-electron chi connectivity index (χ0n) is 18.6. The average molecular weight is 520 g/mol. The number of fused-ring (bicyclic) bond motifs is 1. The molecule has 0 spiro atoms. The summed E-state index contributed by atoms with van der Waals surface area (Å²) in [4.78, 5) is 12.3. The number of esters is 1. The third-order valence-electron chi connectivity index (χ3n) is 5.99. The zero-order valence-corrected chi connectivity index (χ0v) is 20.8. The maximum atomic E-state index is 12.3. The Morgan fingerprint density at radius 1 is 1.13 bits per heavy atom. The van der Waals surface area contributed by atoms with Crippen LogP contribution in [0.2, 0.25) is 0 Å². The number of rotatable bonds is 8. The summed E-state index contributed by atoms with van der Waals surface area (Å²) in [6.45, 7) is 8.66. The molecule has 0 N–H and O–H groups in total. The van der Waals surface area contributed by atoms with E-state index < -0.39 is 0 Å². The second-order valence-corrected chi connectivity index (χ2v) is 11.9. The van der Waals surface area contributed by atoms with Gasteiger partial charge >= 0.3 is 5.97 Å². The molecule has 0 unspecified atom stereocenters. The van der Waals surface area contributed by atoms with Gasteiger partial charge in [-0.15, -0.1) is 0 Å². The van der Waals surface area contributed by atoms with E-state index in [1.807, 2.05) is 12.1 Å². The van der Waals surface area contributed by atoms with Gasteiger partial charge < -0.3 is 9.47 Å². The van der Waals surface area contributed by atoms with Crippen LogP contribution in [-0.2, 0) is 9.53 Å². The van der Waals surface area contributed by atoms with E-state index in [4.69, 9.17) is 9.47 Å². The summed E-state index contributed by atoms with van der Waals surface area (Å²) >= 11 is 2.50. The summed E-state index contributed by atoms with van der Waals surface area (Å²) in [5.74, 6) is 0.428. The lowest BCUT2D eigenvalue weighted by atomic mass is 9.94. The molecule has 1 saturated carbocycles. The Bertz CT molecular complexity index is 918. The molecule has 0 aromatic heterocycles. The molecule has 4 heteroatoms. The van der Waals surface area contributed by atoms with Crippen LogP contribution in [0.1, 0.15) is 71.8 Å². The molecule has 1 fully saturated rings. The summed E-state index contributed by atoms with van der Waals surface area (Å²) in [6, 6.07) is 12.5. The van der Waals surface area contributed by atoms with Crippen molar-refractivity contribution < 1.29 is 14.3 Å². The maximum absolute atomic E-state index is 12.3. The molecule has 162 valence electrons. The van der Waals surface area contributed by atoms with E-state index in [2.05, 4.69) is 80.6 Å². The summed E-state index contributed by atoms with van der Waals surface area (Å²) in [5, 5.41) is 2.28. The first kappa shape index (κ1) is 23.1. The van der Waals surface area contributed by atoms with E-state index in [0.717, 1.165) is 43.9 Å². The van der Waals surface area contributed by atoms with Crippen molar-refractivity contribution in [3.63, 3.8) is 0 Å². The van der Waals surface area contributed by atoms with Crippen LogP contribution >= 0.6 is 22.6 Å². The number of carbonyl (C=O) groups is 1. The Morgan fingerprint density at radius 3 is 2.43 bits per heavy atom. The van der Waals surface area contributed by atoms with Crippen LogP contribution in [0.15, 0.2) is 42.5 Å². The predicted molar refractivity (Wildman–Crippen MR) is 133 cm³/mol. The largest absolute Gasteiger partial charge is 0.482 e. The van der Waals surface area contributed by atoms with Crippen LogP contribution in [0.25, 0.3) is 16.3 Å². The van der Waals surface area contributed by atoms with Gasteiger partial charge in [0.2, 0.25) is 0 Å². The summed E-state index contributed by atoms with van der Waals surface area (Å²) in [6.07, 6.45) is 8.32. The second-order valence-electron chi connectivity index (χ2n) is 8.94. The molecular formula is C26H33IO3. The van der Waals surface area contributed by atoms with Gasteiger partial charge in [0.25, 0.3) is 0 Å². The Kier molecular flexibility index (Phi) is 7.48. The SMILES string of the molecule is C/C=C(\CC(C)(C)I)c1ccc2cc(OCC(=O)OC3(CC)CCCC3)ccc2c1. The van der Waals surface area contributed by atoms with Crippen molar-refractivity contribution in [2.75, 3.05) is 6.61 Å². The number of allylic oxidation sites excluding steroid dienone is 2. The van der Waals surface area contributed by atoms with Gasteiger partial charge in [-0.3, -0.25) is 0 Å². The number of benzene rings is 2. The molecule has 1 aliphatic carbocycles. The fourth-order valence-electron chi connectivity index (χ4n) is 4.30. The number of alkyl halides is 1. The van der Waals surface area contributed by atoms with Crippen LogP contribution in [-0.4, -0.2) is 21.6 Å². The predicted octanol–water partition coefficient (Wildman–Crippen LogP) is 7.49. The molecule has 2 aromatic carbocycles. The van der Waals surface area contributed by atoms with Crippen LogP contribution in [0.3, 0.4) is 0 Å². The number of hydrogen-bond donors (Lipinski definition) is 0. The van der Waals surface area contributed by atoms with Gasteiger partial charge in [0.05, 0.1) is 0 Å². The van der Waals surface area contributed by atoms with Crippen molar-refractivity contribution in [3.05, 3.63) is 48.0 Å². The van der Waals surface area contributed by atoms with Crippen LogP contribution in [0, 0.1) is 0 Å². The highest BCUT2D eigenvalue weighted by atomic mass is 127. The van der Waals surface area contributed by atoms with Crippen molar-refractivity contribution >= 4 is 44.9 Å². The van der Waals surface area contributed by atoms with Crippen molar-refractivity contribution in [2.24, 2.45) is 0 Å². The fraction of sp³-hybridized carbons (Fsp3) is 0.500. The molecule has 0 heterocycles. The van der Waals surface area contributed by atoms with Crippen LogP contribution in [0.4, 0.5) is 0 Å². The highest BCUT2D eigenvalue weighted by molar-refractivity contribution is 14.1. The minimum atomic E-state index is -0.270. The van der Waals surface area contributed by atoms with E-state index in [-0.39, 0.29) is 21.6 Å². The number of ether oxygens (including phenoxy) is 2. The maximum Gasteiger partial charge on any atom is 0.344 e. The fourth-order valence-corrected chi connectivity index (χ4v) is 4.71. The minimum absolute atomic E-state index is 0.0429. The lowest BCUT2D eigenvalue weighted by Crippen LogP contribution is -2.33. The van der Waals surface area contributed by atoms with Crippen molar-refractivity contribution in [1.29, 1.82) is 0 Å². The van der Waals surface area contributed by atoms with Crippen LogP contribution in [0.5, 0.6) is 5.75 Å². The summed E-state index contributed by atoms with van der Waals surface area (Å²) in [5.41, 5.74) is 2.35. The molecule has 0 saturated heterocycles. The first-order chi connectivity index (χ1) is 14.2. The van der Waals surface area contributed by atoms with Crippen molar-refractivity contribution in [1.82, 2.24) is 0 Å². The monoisotopic (exact) mass is 520 g/mol. The topological polar surface area (TPSA) is 35.5 Å². The number of hydrogen-bond acceptors (Lipinski definition) is 3. The van der Waals surface area contributed by atoms with Gasteiger partial charge in [-0.2, -0.15) is 0 Å². The Balaban J connectivity index is 1.66. The first-order valence-electron chi connectivity index (χ1n) is 11.0. The van der Waals surface area contributed by atoms with Crippen molar-refractivity contribution in [2.45, 2.75) is 75.2 Å². The molecule has 3 nitrogen and oxygen atoms in total. The Morgan fingerprint density at radius 2 is 1.80 bits per heavy atom. The van der Waals surface area contributed by atoms with Gasteiger partial charge in [0.15, 0.2) is 6.61 Å². The minimum Gasteiger partial charge on any atom is -0.482 e. The van der Waals surface area contributed by atoms with E-state index in [9.17, 15) is 4.79 Å². The number of halogens is 1. The molecule has 30 heavy (non-hydrogen) atoms. The summed E-state index contributed by atoms with van der Waals surface area (Å²) < 4.78 is 11.8. The molecule has 1 aliphatic rings. The standard InChI is InChI=1S/C26H33IO3/c1-5-19(17-25(3,4)27)20-9-10-22-16-23(12-11-21(22)15-20)29-18-24(28)30-26(6-2)13-7-8-14-26/h5,9-12,15-16H,6-8,13-14,17-18H2,1-4H3/b19-5+. The smallest absolute Gasteiger partial charge is 0.344 e. The second kappa shape index (κ2) is 9.71. The third-order valence-corrected chi connectivity index (χ3v) is 6.37. The zero-order chi connectivity index (χ0) is 21.8. The number of carbonyl (C=O) groups excluding carboxylic acids is 1. The summed E-state index contributed by atoms with van der Waals surface area (Å²) in [7, 11) is 0. The quantitative estimate of drug-likeness (QED) is 0.206. The van der Waals surface area contributed by atoms with E-state index >= 15 is 0 Å². The molecule has 0 aliphatic heterocycles. The van der Waals surface area contributed by atoms with Gasteiger partial charge in [-0.05, 0) is 85.6 Å². The molecule has 0 bridgehead atoms. The normalized spacial score (nSPS) is 16.6. The van der Waals surface area contributed by atoms with Gasteiger partial charge in [-0.25, -0.2) is 4.79 Å². The highest BCUT2D eigenvalue weighted by Crippen LogP contribution is 2.36. The van der Waals surface area contributed by atoms with Crippen LogP contribution < -0.4 is 4.74 Å². The van der Waals surface area contributed by atoms with E-state index in [1.165, 1.54) is 16.5 Å². The molecule has 0 amide bonds. The Labute approximate surface area is 194 Å². The third kappa shape index (κ3) is 5.99. The molecule has 0 atom stereocenters. The lowest BCUT2D eigenvalue weighted by Gasteiger charge is -2.27. The van der Waals surface area contributed by atoms with Gasteiger partial charge in [0, 0.05) is 3.42 Å². The van der Waals surface area contributed by atoms with Gasteiger partial charge in [0.1, 0.15) is 11.4 Å². The molecular weight excluding hydrogens is 487 g/mol.